The first-order valence-electron chi connectivity index (χ1n) is 6.15. The highest BCUT2D eigenvalue weighted by molar-refractivity contribution is 7.15. The number of rotatable bonds is 5. The van der Waals surface area contributed by atoms with Gasteiger partial charge in [0, 0.05) is 6.54 Å². The molecule has 0 fully saturated rings. The standard InChI is InChI=1S/C12H13N5O3S/c1-3-13-9-6-4-5-8(10(9)17(19)20)11(18)14-12-16-15-7(2)21-12/h4-6,13H,3H2,1-2H3,(H,14,16,18). The lowest BCUT2D eigenvalue weighted by Gasteiger charge is -2.08. The van der Waals surface area contributed by atoms with Crippen LogP contribution < -0.4 is 10.6 Å². The molecule has 9 heteroatoms. The number of aryl methyl sites for hydroxylation is 1. The maximum atomic E-state index is 12.2. The maximum Gasteiger partial charge on any atom is 0.305 e. The van der Waals surface area contributed by atoms with Crippen LogP contribution in [0.15, 0.2) is 18.2 Å². The summed E-state index contributed by atoms with van der Waals surface area (Å²) >= 11 is 1.20. The lowest BCUT2D eigenvalue weighted by atomic mass is 10.1. The van der Waals surface area contributed by atoms with Crippen LogP contribution in [0.5, 0.6) is 0 Å². The van der Waals surface area contributed by atoms with E-state index in [0.717, 1.165) is 0 Å². The Balaban J connectivity index is 2.35. The number of nitrogens with one attached hydrogen (secondary N) is 2. The Morgan fingerprint density at radius 3 is 2.76 bits per heavy atom. The molecular weight excluding hydrogens is 294 g/mol. The summed E-state index contributed by atoms with van der Waals surface area (Å²) in [6.45, 7) is 4.09. The van der Waals surface area contributed by atoms with Gasteiger partial charge in [-0.05, 0) is 26.0 Å². The number of benzene rings is 1. The maximum absolute atomic E-state index is 12.2. The number of anilines is 2. The number of aromatic nitrogens is 2. The summed E-state index contributed by atoms with van der Waals surface area (Å²) in [5.41, 5.74) is 0.0352. The summed E-state index contributed by atoms with van der Waals surface area (Å²) in [4.78, 5) is 22.9. The average molecular weight is 307 g/mol. The number of nitro benzene ring substituents is 1. The van der Waals surface area contributed by atoms with Crippen LogP contribution in [0.2, 0.25) is 0 Å². The van der Waals surface area contributed by atoms with Crippen molar-refractivity contribution in [2.45, 2.75) is 13.8 Å². The van der Waals surface area contributed by atoms with Crippen LogP contribution in [-0.2, 0) is 0 Å². The van der Waals surface area contributed by atoms with E-state index in [9.17, 15) is 14.9 Å². The highest BCUT2D eigenvalue weighted by atomic mass is 32.1. The Hall–Kier alpha value is -2.55. The molecule has 2 rings (SSSR count). The molecular formula is C12H13N5O3S. The van der Waals surface area contributed by atoms with E-state index in [2.05, 4.69) is 20.8 Å². The molecule has 0 saturated heterocycles. The smallest absolute Gasteiger partial charge is 0.305 e. The zero-order valence-electron chi connectivity index (χ0n) is 11.4. The lowest BCUT2D eigenvalue weighted by molar-refractivity contribution is -0.384. The molecule has 110 valence electrons. The van der Waals surface area contributed by atoms with E-state index in [1.165, 1.54) is 17.4 Å². The van der Waals surface area contributed by atoms with Gasteiger partial charge >= 0.3 is 5.69 Å². The SMILES string of the molecule is CCNc1cccc(C(=O)Nc2nnc(C)s2)c1[N+](=O)[O-]. The van der Waals surface area contributed by atoms with Gasteiger partial charge in [-0.2, -0.15) is 0 Å². The Labute approximate surface area is 124 Å². The summed E-state index contributed by atoms with van der Waals surface area (Å²) in [6, 6.07) is 4.56. The second kappa shape index (κ2) is 6.27. The third-order valence-corrected chi connectivity index (χ3v) is 3.33. The molecule has 0 radical (unpaired) electrons. The molecule has 0 bridgehead atoms. The molecule has 0 aliphatic rings. The fraction of sp³-hybridized carbons (Fsp3) is 0.250. The van der Waals surface area contributed by atoms with Crippen molar-refractivity contribution in [1.82, 2.24) is 10.2 Å². The summed E-state index contributed by atoms with van der Waals surface area (Å²) in [5.74, 6) is -0.586. The first kappa shape index (κ1) is 14.9. The molecule has 0 saturated carbocycles. The van der Waals surface area contributed by atoms with Crippen LogP contribution in [0, 0.1) is 17.0 Å². The molecule has 1 aromatic carbocycles. The first-order valence-corrected chi connectivity index (χ1v) is 6.97. The zero-order valence-corrected chi connectivity index (χ0v) is 12.2. The molecule has 0 aliphatic carbocycles. The van der Waals surface area contributed by atoms with Crippen LogP contribution in [0.1, 0.15) is 22.3 Å². The number of nitrogens with zero attached hydrogens (tertiary/aromatic N) is 3. The van der Waals surface area contributed by atoms with Crippen molar-refractivity contribution in [3.63, 3.8) is 0 Å². The zero-order chi connectivity index (χ0) is 15.4. The topological polar surface area (TPSA) is 110 Å². The predicted octanol–water partition coefficient (Wildman–Crippen LogP) is 2.44. The minimum atomic E-state index is -0.586. The highest BCUT2D eigenvalue weighted by Gasteiger charge is 2.24. The minimum absolute atomic E-state index is 0.0219. The van der Waals surface area contributed by atoms with Gasteiger partial charge in [-0.15, -0.1) is 10.2 Å². The van der Waals surface area contributed by atoms with E-state index in [0.29, 0.717) is 22.4 Å². The largest absolute Gasteiger partial charge is 0.380 e. The number of hydrogen-bond donors (Lipinski definition) is 2. The van der Waals surface area contributed by atoms with E-state index in [4.69, 9.17) is 0 Å². The van der Waals surface area contributed by atoms with Crippen molar-refractivity contribution >= 4 is 33.8 Å². The number of para-hydroxylation sites is 1. The fourth-order valence-electron chi connectivity index (χ4n) is 1.77. The normalized spacial score (nSPS) is 10.2. The molecule has 0 spiro atoms. The van der Waals surface area contributed by atoms with E-state index in [1.807, 2.05) is 6.92 Å². The van der Waals surface area contributed by atoms with Gasteiger partial charge in [0.15, 0.2) is 0 Å². The highest BCUT2D eigenvalue weighted by Crippen LogP contribution is 2.29. The average Bonchev–Trinajstić information content (AvgIpc) is 2.84. The molecule has 0 atom stereocenters. The number of amides is 1. The second-order valence-electron chi connectivity index (χ2n) is 4.07. The van der Waals surface area contributed by atoms with Gasteiger partial charge in [0.25, 0.3) is 5.91 Å². The number of carbonyl (C=O) groups excluding carboxylic acids is 1. The van der Waals surface area contributed by atoms with Crippen LogP contribution >= 0.6 is 11.3 Å². The van der Waals surface area contributed by atoms with Crippen molar-refractivity contribution in [3.05, 3.63) is 38.9 Å². The predicted molar refractivity (Wildman–Crippen MR) is 79.9 cm³/mol. The molecule has 0 aliphatic heterocycles. The minimum Gasteiger partial charge on any atom is -0.380 e. The molecule has 21 heavy (non-hydrogen) atoms. The molecule has 1 heterocycles. The molecule has 1 aromatic heterocycles. The van der Waals surface area contributed by atoms with E-state index in [-0.39, 0.29) is 11.3 Å². The number of hydrogen-bond acceptors (Lipinski definition) is 7. The lowest BCUT2D eigenvalue weighted by Crippen LogP contribution is -2.15. The third kappa shape index (κ3) is 3.31. The molecule has 2 N–H and O–H groups in total. The van der Waals surface area contributed by atoms with Gasteiger partial charge in [-0.3, -0.25) is 20.2 Å². The molecule has 1 amide bonds. The van der Waals surface area contributed by atoms with Crippen molar-refractivity contribution < 1.29 is 9.72 Å². The monoisotopic (exact) mass is 307 g/mol. The summed E-state index contributed by atoms with van der Waals surface area (Å²) < 4.78 is 0. The quantitative estimate of drug-likeness (QED) is 0.648. The van der Waals surface area contributed by atoms with Crippen molar-refractivity contribution in [1.29, 1.82) is 0 Å². The second-order valence-corrected chi connectivity index (χ2v) is 5.25. The Kier molecular flexibility index (Phi) is 4.43. The van der Waals surface area contributed by atoms with Gasteiger partial charge in [-0.25, -0.2) is 0 Å². The van der Waals surface area contributed by atoms with Gasteiger partial charge in [0.2, 0.25) is 5.13 Å². The number of carbonyl (C=O) groups is 1. The molecule has 0 unspecified atom stereocenters. The van der Waals surface area contributed by atoms with Crippen LogP contribution in [0.25, 0.3) is 0 Å². The Bertz CT molecular complexity index is 685. The van der Waals surface area contributed by atoms with Crippen LogP contribution in [-0.4, -0.2) is 27.6 Å². The van der Waals surface area contributed by atoms with Crippen LogP contribution in [0.3, 0.4) is 0 Å². The van der Waals surface area contributed by atoms with Gasteiger partial charge in [-0.1, -0.05) is 17.4 Å². The van der Waals surface area contributed by atoms with Gasteiger partial charge in [0.1, 0.15) is 16.3 Å². The number of nitro groups is 1. The van der Waals surface area contributed by atoms with Crippen molar-refractivity contribution in [3.8, 4) is 0 Å². The van der Waals surface area contributed by atoms with E-state index in [1.54, 1.807) is 19.1 Å². The van der Waals surface area contributed by atoms with Gasteiger partial charge in [0.05, 0.1) is 4.92 Å². The molecule has 2 aromatic rings. The fourth-order valence-corrected chi connectivity index (χ4v) is 2.35. The van der Waals surface area contributed by atoms with E-state index >= 15 is 0 Å². The Morgan fingerprint density at radius 2 is 2.19 bits per heavy atom. The van der Waals surface area contributed by atoms with E-state index < -0.39 is 10.8 Å². The van der Waals surface area contributed by atoms with Gasteiger partial charge < -0.3 is 5.32 Å². The Morgan fingerprint density at radius 1 is 1.43 bits per heavy atom. The summed E-state index contributed by atoms with van der Waals surface area (Å²) in [6.07, 6.45) is 0. The van der Waals surface area contributed by atoms with Crippen molar-refractivity contribution in [2.75, 3.05) is 17.2 Å². The summed E-state index contributed by atoms with van der Waals surface area (Å²) in [5, 5.41) is 25.2. The first-order chi connectivity index (χ1) is 10.0. The van der Waals surface area contributed by atoms with Crippen molar-refractivity contribution in [2.24, 2.45) is 0 Å². The van der Waals surface area contributed by atoms with Crippen LogP contribution in [0.4, 0.5) is 16.5 Å². The third-order valence-electron chi connectivity index (χ3n) is 2.58. The summed E-state index contributed by atoms with van der Waals surface area (Å²) in [7, 11) is 0. The molecule has 8 nitrogen and oxygen atoms in total.